The molecule has 2 heteroatoms. The molecule has 0 amide bonds. The van der Waals surface area contributed by atoms with E-state index in [1.807, 2.05) is 0 Å². The van der Waals surface area contributed by atoms with Crippen molar-refractivity contribution in [3.63, 3.8) is 0 Å². The summed E-state index contributed by atoms with van der Waals surface area (Å²) in [5, 5.41) is 3.44. The van der Waals surface area contributed by atoms with Crippen LogP contribution in [0.25, 0.3) is 0 Å². The molecule has 0 aromatic heterocycles. The van der Waals surface area contributed by atoms with E-state index in [0.29, 0.717) is 6.04 Å². The van der Waals surface area contributed by atoms with E-state index in [9.17, 15) is 0 Å². The van der Waals surface area contributed by atoms with Crippen LogP contribution in [0.4, 0.5) is 0 Å². The Hall–Kier alpha value is -0.860. The molecule has 0 saturated heterocycles. The SMILES string of the molecule is COCC(C)NCc1cccc(C)c1C. The van der Waals surface area contributed by atoms with Crippen molar-refractivity contribution in [3.8, 4) is 0 Å². The van der Waals surface area contributed by atoms with E-state index in [0.717, 1.165) is 13.2 Å². The molecule has 1 rings (SSSR count). The summed E-state index contributed by atoms with van der Waals surface area (Å²) in [5.41, 5.74) is 4.11. The largest absolute Gasteiger partial charge is 0.383 e. The van der Waals surface area contributed by atoms with E-state index in [-0.39, 0.29) is 0 Å². The number of benzene rings is 1. The monoisotopic (exact) mass is 207 g/mol. The summed E-state index contributed by atoms with van der Waals surface area (Å²) in [5.74, 6) is 0. The first-order chi connectivity index (χ1) is 7.15. The Balaban J connectivity index is 2.54. The van der Waals surface area contributed by atoms with Gasteiger partial charge in [-0.05, 0) is 37.5 Å². The fraction of sp³-hybridized carbons (Fsp3) is 0.538. The molecular formula is C13H21NO. The zero-order valence-electron chi connectivity index (χ0n) is 10.1. The predicted molar refractivity (Wildman–Crippen MR) is 64.1 cm³/mol. The highest BCUT2D eigenvalue weighted by atomic mass is 16.5. The molecule has 0 bridgehead atoms. The lowest BCUT2D eigenvalue weighted by atomic mass is 10.0. The van der Waals surface area contributed by atoms with Gasteiger partial charge in [-0.25, -0.2) is 0 Å². The van der Waals surface area contributed by atoms with Gasteiger partial charge in [0.15, 0.2) is 0 Å². The zero-order chi connectivity index (χ0) is 11.3. The molecule has 1 aromatic carbocycles. The molecule has 84 valence electrons. The molecule has 0 aliphatic rings. The van der Waals surface area contributed by atoms with Gasteiger partial charge >= 0.3 is 0 Å². The molecule has 0 aliphatic heterocycles. The summed E-state index contributed by atoms with van der Waals surface area (Å²) in [6.07, 6.45) is 0. The van der Waals surface area contributed by atoms with Gasteiger partial charge in [0.25, 0.3) is 0 Å². The highest BCUT2D eigenvalue weighted by Gasteiger charge is 2.03. The molecule has 1 N–H and O–H groups in total. The number of hydrogen-bond donors (Lipinski definition) is 1. The lowest BCUT2D eigenvalue weighted by Gasteiger charge is -2.14. The molecule has 1 aromatic rings. The van der Waals surface area contributed by atoms with Crippen LogP contribution in [0.15, 0.2) is 18.2 Å². The predicted octanol–water partition coefficient (Wildman–Crippen LogP) is 2.43. The van der Waals surface area contributed by atoms with Gasteiger partial charge in [-0.2, -0.15) is 0 Å². The van der Waals surface area contributed by atoms with Crippen LogP contribution in [0.3, 0.4) is 0 Å². The van der Waals surface area contributed by atoms with Crippen LogP contribution < -0.4 is 5.32 Å². The summed E-state index contributed by atoms with van der Waals surface area (Å²) in [4.78, 5) is 0. The zero-order valence-corrected chi connectivity index (χ0v) is 10.1. The van der Waals surface area contributed by atoms with Crippen LogP contribution in [0.1, 0.15) is 23.6 Å². The van der Waals surface area contributed by atoms with Crippen molar-refractivity contribution in [2.24, 2.45) is 0 Å². The number of hydrogen-bond acceptors (Lipinski definition) is 2. The first-order valence-corrected chi connectivity index (χ1v) is 5.42. The van der Waals surface area contributed by atoms with Crippen molar-refractivity contribution in [3.05, 3.63) is 34.9 Å². The molecule has 1 unspecified atom stereocenters. The second-order valence-electron chi connectivity index (χ2n) is 4.10. The molecule has 0 saturated carbocycles. The minimum absolute atomic E-state index is 0.398. The van der Waals surface area contributed by atoms with Gasteiger partial charge in [0.1, 0.15) is 0 Å². The van der Waals surface area contributed by atoms with Gasteiger partial charge < -0.3 is 10.1 Å². The Kier molecular flexibility index (Phi) is 4.79. The van der Waals surface area contributed by atoms with E-state index in [4.69, 9.17) is 4.74 Å². The second-order valence-corrected chi connectivity index (χ2v) is 4.10. The van der Waals surface area contributed by atoms with Crippen LogP contribution in [-0.2, 0) is 11.3 Å². The average Bonchev–Trinajstić information content (AvgIpc) is 2.21. The maximum absolute atomic E-state index is 5.08. The minimum Gasteiger partial charge on any atom is -0.383 e. The van der Waals surface area contributed by atoms with Crippen molar-refractivity contribution < 1.29 is 4.74 Å². The average molecular weight is 207 g/mol. The first-order valence-electron chi connectivity index (χ1n) is 5.42. The summed E-state index contributed by atoms with van der Waals surface area (Å²) >= 11 is 0. The molecule has 0 fully saturated rings. The van der Waals surface area contributed by atoms with E-state index in [2.05, 4.69) is 44.3 Å². The molecule has 1 atom stereocenters. The van der Waals surface area contributed by atoms with Crippen molar-refractivity contribution in [1.82, 2.24) is 5.32 Å². The van der Waals surface area contributed by atoms with Crippen LogP contribution in [-0.4, -0.2) is 19.8 Å². The summed E-state index contributed by atoms with van der Waals surface area (Å²) in [6, 6.07) is 6.84. The topological polar surface area (TPSA) is 21.3 Å². The molecule has 0 aliphatic carbocycles. The first kappa shape index (κ1) is 12.2. The van der Waals surface area contributed by atoms with Gasteiger partial charge in [0.05, 0.1) is 6.61 Å². The van der Waals surface area contributed by atoms with Crippen LogP contribution in [0, 0.1) is 13.8 Å². The lowest BCUT2D eigenvalue weighted by molar-refractivity contribution is 0.171. The fourth-order valence-corrected chi connectivity index (χ4v) is 1.60. The van der Waals surface area contributed by atoms with Crippen molar-refractivity contribution in [2.75, 3.05) is 13.7 Å². The number of nitrogens with one attached hydrogen (secondary N) is 1. The van der Waals surface area contributed by atoms with Gasteiger partial charge in [-0.3, -0.25) is 0 Å². The molecule has 2 nitrogen and oxygen atoms in total. The Morgan fingerprint density at radius 1 is 1.33 bits per heavy atom. The van der Waals surface area contributed by atoms with Gasteiger partial charge in [-0.1, -0.05) is 18.2 Å². The van der Waals surface area contributed by atoms with E-state index in [1.165, 1.54) is 16.7 Å². The maximum Gasteiger partial charge on any atom is 0.0613 e. The van der Waals surface area contributed by atoms with E-state index in [1.54, 1.807) is 7.11 Å². The Morgan fingerprint density at radius 2 is 2.07 bits per heavy atom. The summed E-state index contributed by atoms with van der Waals surface area (Å²) in [7, 11) is 1.73. The molecule has 0 heterocycles. The Bertz CT molecular complexity index is 309. The van der Waals surface area contributed by atoms with E-state index >= 15 is 0 Å². The van der Waals surface area contributed by atoms with Gasteiger partial charge in [0, 0.05) is 19.7 Å². The third-order valence-electron chi connectivity index (χ3n) is 2.77. The van der Waals surface area contributed by atoms with Crippen LogP contribution >= 0.6 is 0 Å². The number of rotatable bonds is 5. The van der Waals surface area contributed by atoms with Gasteiger partial charge in [0.2, 0.25) is 0 Å². The summed E-state index contributed by atoms with van der Waals surface area (Å²) < 4.78 is 5.08. The van der Waals surface area contributed by atoms with Crippen molar-refractivity contribution in [2.45, 2.75) is 33.4 Å². The third-order valence-corrected chi connectivity index (χ3v) is 2.77. The number of aryl methyl sites for hydroxylation is 1. The smallest absolute Gasteiger partial charge is 0.0613 e. The number of ether oxygens (including phenoxy) is 1. The highest BCUT2D eigenvalue weighted by Crippen LogP contribution is 2.12. The fourth-order valence-electron chi connectivity index (χ4n) is 1.60. The van der Waals surface area contributed by atoms with Crippen molar-refractivity contribution in [1.29, 1.82) is 0 Å². The Morgan fingerprint density at radius 3 is 2.73 bits per heavy atom. The quantitative estimate of drug-likeness (QED) is 0.800. The molecule has 0 spiro atoms. The minimum atomic E-state index is 0.398. The molecule has 15 heavy (non-hydrogen) atoms. The standard InChI is InChI=1S/C13H21NO/c1-10-6-5-7-13(12(10)3)8-14-11(2)9-15-4/h5-7,11,14H,8-9H2,1-4H3. The lowest BCUT2D eigenvalue weighted by Crippen LogP contribution is -2.29. The van der Waals surface area contributed by atoms with Crippen molar-refractivity contribution >= 4 is 0 Å². The van der Waals surface area contributed by atoms with Crippen LogP contribution in [0.5, 0.6) is 0 Å². The summed E-state index contributed by atoms with van der Waals surface area (Å²) in [6.45, 7) is 8.13. The maximum atomic E-state index is 5.08. The highest BCUT2D eigenvalue weighted by molar-refractivity contribution is 5.32. The Labute approximate surface area is 92.6 Å². The third kappa shape index (κ3) is 3.65. The normalized spacial score (nSPS) is 12.8. The van der Waals surface area contributed by atoms with Crippen LogP contribution in [0.2, 0.25) is 0 Å². The van der Waals surface area contributed by atoms with E-state index < -0.39 is 0 Å². The molecular weight excluding hydrogens is 186 g/mol. The molecule has 0 radical (unpaired) electrons. The second kappa shape index (κ2) is 5.89. The van der Waals surface area contributed by atoms with Gasteiger partial charge in [-0.15, -0.1) is 0 Å². The number of methoxy groups -OCH3 is 1.